The van der Waals surface area contributed by atoms with Gasteiger partial charge in [0, 0.05) is 0 Å². The molecule has 0 saturated heterocycles. The highest BCUT2D eigenvalue weighted by Crippen LogP contribution is 2.34. The second-order valence-corrected chi connectivity index (χ2v) is 3.00. The lowest BCUT2D eigenvalue weighted by molar-refractivity contribution is -0.275. The molecule has 0 saturated carbocycles. The molecule has 0 aliphatic rings. The molecule has 1 aromatic heterocycles. The molecule has 90 valence electrons. The van der Waals surface area contributed by atoms with Crippen molar-refractivity contribution < 1.29 is 28.1 Å². The average Bonchev–Trinajstić information content (AvgIpc) is 2.16. The van der Waals surface area contributed by atoms with Crippen LogP contribution in [0, 0.1) is 0 Å². The minimum atomic E-state index is -4.94. The predicted octanol–water partition coefficient (Wildman–Crippen LogP) is 1.92. The molecule has 4 nitrogen and oxygen atoms in total. The van der Waals surface area contributed by atoms with Gasteiger partial charge < -0.3 is 14.9 Å². The second-order valence-electron chi connectivity index (χ2n) is 2.74. The van der Waals surface area contributed by atoms with E-state index in [1.807, 2.05) is 0 Å². The van der Waals surface area contributed by atoms with Gasteiger partial charge in [-0.25, -0.2) is 0 Å². The molecule has 0 fully saturated rings. The molecule has 16 heavy (non-hydrogen) atoms. The van der Waals surface area contributed by atoms with Gasteiger partial charge in [-0.3, -0.25) is 4.98 Å². The fourth-order valence-electron chi connectivity index (χ4n) is 1.05. The normalized spacial score (nSPS) is 11.6. The molecule has 1 aromatic rings. The smallest absolute Gasteiger partial charge is 0.506 e. The van der Waals surface area contributed by atoms with Gasteiger partial charge in [-0.15, -0.1) is 24.8 Å². The molecule has 8 heteroatoms. The number of ether oxygens (including phenoxy) is 1. The zero-order chi connectivity index (χ0) is 12.3. The zero-order valence-corrected chi connectivity index (χ0v) is 8.51. The number of aliphatic hydroxyl groups is 1. The summed E-state index contributed by atoms with van der Waals surface area (Å²) in [6.45, 7) is -0.816. The van der Waals surface area contributed by atoms with Crippen molar-refractivity contribution in [2.45, 2.75) is 18.8 Å². The molecule has 0 aromatic carbocycles. The SMILES string of the molecule is OCc1c(O)cnc(CCl)c1OC(F)(F)F. The van der Waals surface area contributed by atoms with Crippen LogP contribution in [0.1, 0.15) is 11.3 Å². The van der Waals surface area contributed by atoms with E-state index in [1.54, 1.807) is 0 Å². The Morgan fingerprint density at radius 1 is 1.44 bits per heavy atom. The van der Waals surface area contributed by atoms with Crippen LogP contribution in [0.2, 0.25) is 0 Å². The van der Waals surface area contributed by atoms with E-state index < -0.39 is 30.0 Å². The van der Waals surface area contributed by atoms with E-state index in [0.29, 0.717) is 0 Å². The minimum Gasteiger partial charge on any atom is -0.506 e. The lowest BCUT2D eigenvalue weighted by Gasteiger charge is -2.15. The van der Waals surface area contributed by atoms with Crippen molar-refractivity contribution in [1.82, 2.24) is 4.98 Å². The lowest BCUT2D eigenvalue weighted by atomic mass is 10.2. The maximum absolute atomic E-state index is 12.0. The van der Waals surface area contributed by atoms with Crippen LogP contribution in [-0.4, -0.2) is 21.6 Å². The van der Waals surface area contributed by atoms with E-state index in [9.17, 15) is 18.3 Å². The summed E-state index contributed by atoms with van der Waals surface area (Å²) < 4.78 is 39.8. The Kier molecular flexibility index (Phi) is 3.82. The first-order valence-electron chi connectivity index (χ1n) is 4.01. The highest BCUT2D eigenvalue weighted by atomic mass is 35.5. The molecule has 0 radical (unpaired) electrons. The molecule has 1 heterocycles. The van der Waals surface area contributed by atoms with E-state index >= 15 is 0 Å². The van der Waals surface area contributed by atoms with Crippen LogP contribution in [0.5, 0.6) is 11.5 Å². The number of hydrogen-bond donors (Lipinski definition) is 2. The molecule has 0 amide bonds. The molecule has 0 unspecified atom stereocenters. The fourth-order valence-corrected chi connectivity index (χ4v) is 1.24. The lowest BCUT2D eigenvalue weighted by Crippen LogP contribution is -2.19. The number of aromatic hydroxyl groups is 1. The summed E-state index contributed by atoms with van der Waals surface area (Å²) in [4.78, 5) is 3.47. The number of alkyl halides is 4. The maximum Gasteiger partial charge on any atom is 0.573 e. The molecule has 0 atom stereocenters. The molecule has 0 bridgehead atoms. The van der Waals surface area contributed by atoms with Crippen molar-refractivity contribution in [2.75, 3.05) is 0 Å². The Balaban J connectivity index is 3.25. The Labute approximate surface area is 93.2 Å². The van der Waals surface area contributed by atoms with Crippen molar-refractivity contribution in [2.24, 2.45) is 0 Å². The Morgan fingerprint density at radius 2 is 2.06 bits per heavy atom. The Hall–Kier alpha value is -1.21. The first kappa shape index (κ1) is 12.9. The van der Waals surface area contributed by atoms with Gasteiger partial charge in [0.05, 0.1) is 29.9 Å². The van der Waals surface area contributed by atoms with E-state index in [2.05, 4.69) is 9.72 Å². The summed E-state index contributed by atoms with van der Waals surface area (Å²) >= 11 is 5.37. The number of aliphatic hydroxyl groups excluding tert-OH is 1. The van der Waals surface area contributed by atoms with Crippen LogP contribution in [-0.2, 0) is 12.5 Å². The quantitative estimate of drug-likeness (QED) is 0.812. The van der Waals surface area contributed by atoms with Crippen LogP contribution in [0.25, 0.3) is 0 Å². The first-order valence-corrected chi connectivity index (χ1v) is 4.54. The summed E-state index contributed by atoms with van der Waals surface area (Å²) in [5.74, 6) is -1.68. The van der Waals surface area contributed by atoms with Crippen molar-refractivity contribution in [1.29, 1.82) is 0 Å². The third-order valence-electron chi connectivity index (χ3n) is 1.69. The van der Waals surface area contributed by atoms with E-state index in [-0.39, 0.29) is 11.6 Å². The summed E-state index contributed by atoms with van der Waals surface area (Å²) in [7, 11) is 0. The van der Waals surface area contributed by atoms with Crippen molar-refractivity contribution in [3.05, 3.63) is 17.5 Å². The molecule has 1 rings (SSSR count). The third kappa shape index (κ3) is 2.89. The monoisotopic (exact) mass is 257 g/mol. The number of hydrogen-bond acceptors (Lipinski definition) is 4. The van der Waals surface area contributed by atoms with Gasteiger partial charge >= 0.3 is 6.36 Å². The number of rotatable bonds is 3. The van der Waals surface area contributed by atoms with Crippen molar-refractivity contribution >= 4 is 11.6 Å². The predicted molar refractivity (Wildman–Crippen MR) is 48.1 cm³/mol. The summed E-state index contributed by atoms with van der Waals surface area (Å²) in [5.41, 5.74) is -0.608. The van der Waals surface area contributed by atoms with Gasteiger partial charge in [-0.1, -0.05) is 0 Å². The molecule has 0 aliphatic carbocycles. The Bertz CT molecular complexity index is 384. The van der Waals surface area contributed by atoms with E-state index in [4.69, 9.17) is 16.7 Å². The van der Waals surface area contributed by atoms with Crippen LogP contribution in [0.15, 0.2) is 6.20 Å². The summed E-state index contributed by atoms with van der Waals surface area (Å²) in [5, 5.41) is 18.0. The molecule has 2 N–H and O–H groups in total. The van der Waals surface area contributed by atoms with Gasteiger partial charge in [0.25, 0.3) is 0 Å². The Morgan fingerprint density at radius 3 is 2.50 bits per heavy atom. The molecule has 0 spiro atoms. The highest BCUT2D eigenvalue weighted by molar-refractivity contribution is 6.17. The van der Waals surface area contributed by atoms with Gasteiger partial charge in [-0.05, 0) is 0 Å². The average molecular weight is 258 g/mol. The van der Waals surface area contributed by atoms with Crippen LogP contribution in [0.3, 0.4) is 0 Å². The van der Waals surface area contributed by atoms with E-state index in [1.165, 1.54) is 0 Å². The first-order chi connectivity index (χ1) is 7.39. The highest BCUT2D eigenvalue weighted by Gasteiger charge is 2.34. The number of pyridine rings is 1. The molecule has 0 aliphatic heterocycles. The van der Waals surface area contributed by atoms with Crippen LogP contribution < -0.4 is 4.74 Å². The zero-order valence-electron chi connectivity index (χ0n) is 7.75. The third-order valence-corrected chi connectivity index (χ3v) is 1.94. The minimum absolute atomic E-state index is 0.208. The van der Waals surface area contributed by atoms with Gasteiger partial charge in [-0.2, -0.15) is 0 Å². The summed E-state index contributed by atoms with van der Waals surface area (Å²) in [6, 6.07) is 0. The van der Waals surface area contributed by atoms with E-state index in [0.717, 1.165) is 6.20 Å². The largest absolute Gasteiger partial charge is 0.573 e. The number of aromatic nitrogens is 1. The fraction of sp³-hybridized carbons (Fsp3) is 0.375. The number of halogens is 4. The topological polar surface area (TPSA) is 62.6 Å². The van der Waals surface area contributed by atoms with Gasteiger partial charge in [0.1, 0.15) is 5.75 Å². The van der Waals surface area contributed by atoms with Gasteiger partial charge in [0.2, 0.25) is 0 Å². The second kappa shape index (κ2) is 4.75. The van der Waals surface area contributed by atoms with Crippen LogP contribution in [0.4, 0.5) is 13.2 Å². The number of nitrogens with zero attached hydrogens (tertiary/aromatic N) is 1. The molecular formula is C8H7ClF3NO3. The van der Waals surface area contributed by atoms with Crippen LogP contribution >= 0.6 is 11.6 Å². The maximum atomic E-state index is 12.0. The summed E-state index contributed by atoms with van der Waals surface area (Å²) in [6.07, 6.45) is -4.05. The van der Waals surface area contributed by atoms with Gasteiger partial charge in [0.15, 0.2) is 5.75 Å². The molecular weight excluding hydrogens is 251 g/mol. The standard InChI is InChI=1S/C8H7ClF3NO3/c9-1-5-7(16-8(10,11)12)4(3-14)6(15)2-13-5/h2,14-15H,1,3H2. The van der Waals surface area contributed by atoms with Crippen molar-refractivity contribution in [3.8, 4) is 11.5 Å². The van der Waals surface area contributed by atoms with Crippen molar-refractivity contribution in [3.63, 3.8) is 0 Å².